The van der Waals surface area contributed by atoms with Crippen molar-refractivity contribution in [1.29, 1.82) is 0 Å². The van der Waals surface area contributed by atoms with E-state index < -0.39 is 0 Å². The molecule has 0 N–H and O–H groups in total. The van der Waals surface area contributed by atoms with E-state index in [0.29, 0.717) is 85.9 Å². The highest BCUT2D eigenvalue weighted by Crippen LogP contribution is 1.85. The first-order chi connectivity index (χ1) is 11.9. The van der Waals surface area contributed by atoms with Gasteiger partial charge < -0.3 is 33.2 Å². The van der Waals surface area contributed by atoms with E-state index in [0.717, 1.165) is 0 Å². The van der Waals surface area contributed by atoms with E-state index in [4.69, 9.17) is 39.6 Å². The third kappa shape index (κ3) is 20.9. The van der Waals surface area contributed by atoms with Crippen molar-refractivity contribution in [3.05, 3.63) is 12.8 Å². The Morgan fingerprint density at radius 1 is 0.583 bits per heavy atom. The van der Waals surface area contributed by atoms with Gasteiger partial charge in [0.2, 0.25) is 0 Å². The minimum atomic E-state index is 0.318. The second-order valence-corrected chi connectivity index (χ2v) is 4.36. The average Bonchev–Trinajstić information content (AvgIpc) is 2.60. The van der Waals surface area contributed by atoms with Crippen LogP contribution < -0.4 is 0 Å². The molecule has 0 aliphatic rings. The average molecular weight is 346 g/mol. The summed E-state index contributed by atoms with van der Waals surface area (Å²) in [5, 5.41) is 0. The van der Waals surface area contributed by atoms with Gasteiger partial charge in [0.25, 0.3) is 0 Å². The molecule has 0 heterocycles. The molecular weight excluding hydrogens is 316 g/mol. The first-order valence-corrected chi connectivity index (χ1v) is 8.04. The van der Waals surface area contributed by atoms with Gasteiger partial charge in [0.15, 0.2) is 0 Å². The van der Waals surface area contributed by atoms with Crippen molar-refractivity contribution in [2.45, 2.75) is 0 Å². The third-order valence-corrected chi connectivity index (χ3v) is 2.51. The number of ether oxygens (including phenoxy) is 7. The smallest absolute Gasteiger partial charge is 0.111 e. The molecule has 0 aromatic carbocycles. The first-order valence-electron chi connectivity index (χ1n) is 8.04. The van der Waals surface area contributed by atoms with Crippen molar-refractivity contribution in [1.82, 2.24) is 0 Å². The van der Waals surface area contributed by atoms with Crippen LogP contribution in [-0.4, -0.2) is 85.9 Å². The zero-order valence-corrected chi connectivity index (χ0v) is 14.4. The molecule has 0 amide bonds. The second kappa shape index (κ2) is 21.9. The highest BCUT2D eigenvalue weighted by molar-refractivity contribution is 4.82. The Balaban J connectivity index is 2.95. The maximum absolute atomic E-state index is 5.36. The maximum Gasteiger partial charge on any atom is 0.111 e. The fraction of sp³-hybridized carbons (Fsp3) is 0.765. The van der Waals surface area contributed by atoms with Crippen molar-refractivity contribution >= 4 is 0 Å². The minimum absolute atomic E-state index is 0.318. The number of rotatable bonds is 20. The van der Waals surface area contributed by atoms with Gasteiger partial charge in [-0.05, 0) is 0 Å². The van der Waals surface area contributed by atoms with Crippen molar-refractivity contribution in [2.75, 3.05) is 85.9 Å². The van der Waals surface area contributed by atoms with Crippen LogP contribution in [0.3, 0.4) is 0 Å². The van der Waals surface area contributed by atoms with Crippen LogP contribution in [0.2, 0.25) is 0 Å². The summed E-state index contributed by atoms with van der Waals surface area (Å²) in [6, 6.07) is 0. The minimum Gasteiger partial charge on any atom is -0.499 e. The van der Waals surface area contributed by atoms with Crippen LogP contribution in [0.25, 0.3) is 0 Å². The molecule has 7 nitrogen and oxygen atoms in total. The van der Waals surface area contributed by atoms with E-state index in [1.165, 1.54) is 6.26 Å². The summed E-state index contributed by atoms with van der Waals surface area (Å²) in [5.74, 6) is 2.39. The largest absolute Gasteiger partial charge is 0.499 e. The van der Waals surface area contributed by atoms with Gasteiger partial charge in [-0.2, -0.15) is 0 Å². The molecule has 0 spiro atoms. The summed E-state index contributed by atoms with van der Waals surface area (Å²) in [5.41, 5.74) is 0. The molecule has 0 unspecified atom stereocenters. The SMILES string of the molecule is C#CCOCCOCCOCCOCCOCCOCCOC=C. The van der Waals surface area contributed by atoms with Crippen LogP contribution in [0.15, 0.2) is 12.8 Å². The van der Waals surface area contributed by atoms with Crippen molar-refractivity contribution in [2.24, 2.45) is 0 Å². The van der Waals surface area contributed by atoms with E-state index in [2.05, 4.69) is 12.5 Å². The molecule has 0 radical (unpaired) electrons. The van der Waals surface area contributed by atoms with Crippen LogP contribution in [0, 0.1) is 12.3 Å². The van der Waals surface area contributed by atoms with E-state index in [9.17, 15) is 0 Å². The van der Waals surface area contributed by atoms with Crippen LogP contribution in [-0.2, 0) is 33.2 Å². The topological polar surface area (TPSA) is 64.6 Å². The summed E-state index contributed by atoms with van der Waals surface area (Å²) in [7, 11) is 0. The number of terminal acetylenes is 1. The molecular formula is C17H30O7. The number of hydrogen-bond acceptors (Lipinski definition) is 7. The molecule has 0 aliphatic heterocycles. The Labute approximate surface area is 145 Å². The Hall–Kier alpha value is -1.14. The normalized spacial score (nSPS) is 10.5. The standard InChI is InChI=1S/C17H30O7/c1-3-5-19-8-9-21-12-13-23-16-17-24-15-14-22-11-10-20-7-6-18-4-2/h1,4H,2,5-17H2. The van der Waals surface area contributed by atoms with Crippen molar-refractivity contribution in [3.63, 3.8) is 0 Å². The Bertz CT molecular complexity index is 291. The molecule has 0 saturated carbocycles. The van der Waals surface area contributed by atoms with Gasteiger partial charge in [0, 0.05) is 0 Å². The molecule has 0 aromatic heterocycles. The molecule has 0 aromatic rings. The lowest BCUT2D eigenvalue weighted by Gasteiger charge is -2.08. The van der Waals surface area contributed by atoms with Crippen LogP contribution in [0.1, 0.15) is 0 Å². The zero-order chi connectivity index (χ0) is 17.6. The van der Waals surface area contributed by atoms with Gasteiger partial charge in [0.05, 0.1) is 78.9 Å². The second-order valence-electron chi connectivity index (χ2n) is 4.36. The first kappa shape index (κ1) is 22.9. The molecule has 0 rings (SSSR count). The Kier molecular flexibility index (Phi) is 20.8. The summed E-state index contributed by atoms with van der Waals surface area (Å²) in [6.45, 7) is 10.1. The summed E-state index contributed by atoms with van der Waals surface area (Å²) in [4.78, 5) is 0. The lowest BCUT2D eigenvalue weighted by atomic mass is 10.6. The molecule has 0 bridgehead atoms. The predicted molar refractivity (Wildman–Crippen MR) is 89.9 cm³/mol. The van der Waals surface area contributed by atoms with Gasteiger partial charge in [0.1, 0.15) is 13.2 Å². The quantitative estimate of drug-likeness (QED) is 0.184. The van der Waals surface area contributed by atoms with Gasteiger partial charge in [-0.25, -0.2) is 0 Å². The van der Waals surface area contributed by atoms with E-state index in [1.54, 1.807) is 0 Å². The van der Waals surface area contributed by atoms with Crippen LogP contribution in [0.4, 0.5) is 0 Å². The third-order valence-electron chi connectivity index (χ3n) is 2.51. The summed E-state index contributed by atoms with van der Waals surface area (Å²) >= 11 is 0. The zero-order valence-electron chi connectivity index (χ0n) is 14.4. The predicted octanol–water partition coefficient (Wildman–Crippen LogP) is 0.879. The lowest BCUT2D eigenvalue weighted by molar-refractivity contribution is -0.0173. The van der Waals surface area contributed by atoms with Crippen LogP contribution >= 0.6 is 0 Å². The van der Waals surface area contributed by atoms with Gasteiger partial charge in [-0.1, -0.05) is 12.5 Å². The van der Waals surface area contributed by atoms with E-state index >= 15 is 0 Å². The Morgan fingerprint density at radius 2 is 0.917 bits per heavy atom. The monoisotopic (exact) mass is 346 g/mol. The highest BCUT2D eigenvalue weighted by atomic mass is 16.6. The lowest BCUT2D eigenvalue weighted by Crippen LogP contribution is -2.14. The van der Waals surface area contributed by atoms with E-state index in [-0.39, 0.29) is 0 Å². The number of hydrogen-bond donors (Lipinski definition) is 0. The highest BCUT2D eigenvalue weighted by Gasteiger charge is 1.93. The van der Waals surface area contributed by atoms with Crippen LogP contribution in [0.5, 0.6) is 0 Å². The molecule has 0 atom stereocenters. The van der Waals surface area contributed by atoms with E-state index in [1.807, 2.05) is 0 Å². The molecule has 24 heavy (non-hydrogen) atoms. The van der Waals surface area contributed by atoms with Gasteiger partial charge in [-0.15, -0.1) is 6.42 Å². The van der Waals surface area contributed by atoms with Gasteiger partial charge >= 0.3 is 0 Å². The fourth-order valence-corrected chi connectivity index (χ4v) is 1.42. The molecule has 140 valence electrons. The molecule has 0 aliphatic carbocycles. The molecule has 0 fully saturated rings. The van der Waals surface area contributed by atoms with Crippen molar-refractivity contribution in [3.8, 4) is 12.3 Å². The maximum atomic E-state index is 5.36. The molecule has 0 saturated heterocycles. The Morgan fingerprint density at radius 3 is 1.25 bits per heavy atom. The van der Waals surface area contributed by atoms with Gasteiger partial charge in [-0.3, -0.25) is 0 Å². The van der Waals surface area contributed by atoms with Crippen molar-refractivity contribution < 1.29 is 33.2 Å². The fourth-order valence-electron chi connectivity index (χ4n) is 1.42. The summed E-state index contributed by atoms with van der Waals surface area (Å²) < 4.78 is 36.6. The molecule has 7 heteroatoms. The summed E-state index contributed by atoms with van der Waals surface area (Å²) in [6.07, 6.45) is 6.44.